The van der Waals surface area contributed by atoms with Crippen molar-refractivity contribution in [3.05, 3.63) is 40.7 Å². The molecule has 0 atom stereocenters. The van der Waals surface area contributed by atoms with E-state index in [1.54, 1.807) is 41.0 Å². The number of thiophene rings is 1. The van der Waals surface area contributed by atoms with Crippen LogP contribution >= 0.6 is 11.3 Å². The zero-order chi connectivity index (χ0) is 14.9. The molecule has 1 N–H and O–H groups in total. The molecule has 1 aliphatic carbocycles. The van der Waals surface area contributed by atoms with Crippen LogP contribution in [0.5, 0.6) is 0 Å². The van der Waals surface area contributed by atoms with Gasteiger partial charge in [0.15, 0.2) is 0 Å². The largest absolute Gasteiger partial charge is 0.372 e. The first-order valence-corrected chi connectivity index (χ1v) is 9.12. The molecule has 0 spiro atoms. The maximum Gasteiger partial charge on any atom is 0.247 e. The second-order valence-electron chi connectivity index (χ2n) is 4.96. The van der Waals surface area contributed by atoms with Crippen molar-refractivity contribution < 1.29 is 8.42 Å². The van der Waals surface area contributed by atoms with E-state index in [0.717, 1.165) is 17.7 Å². The number of pyridine rings is 1. The van der Waals surface area contributed by atoms with Crippen molar-refractivity contribution in [2.24, 2.45) is 0 Å². The Morgan fingerprint density at radius 3 is 2.81 bits per heavy atom. The summed E-state index contributed by atoms with van der Waals surface area (Å²) < 4.78 is 27.5. The van der Waals surface area contributed by atoms with Crippen LogP contribution in [0.3, 0.4) is 0 Å². The van der Waals surface area contributed by atoms with Crippen LogP contribution in [0.4, 0.5) is 5.82 Å². The highest BCUT2D eigenvalue weighted by Crippen LogP contribution is 2.35. The average molecular weight is 323 g/mol. The van der Waals surface area contributed by atoms with E-state index in [1.165, 1.54) is 0 Å². The van der Waals surface area contributed by atoms with E-state index in [9.17, 15) is 8.42 Å². The van der Waals surface area contributed by atoms with Gasteiger partial charge in [0.2, 0.25) is 10.0 Å². The monoisotopic (exact) mass is 323 g/mol. The smallest absolute Gasteiger partial charge is 0.247 e. The highest BCUT2D eigenvalue weighted by atomic mass is 32.2. The van der Waals surface area contributed by atoms with Gasteiger partial charge in [0.1, 0.15) is 10.7 Å². The summed E-state index contributed by atoms with van der Waals surface area (Å²) in [4.78, 5) is 5.41. The topological polar surface area (TPSA) is 62.3 Å². The van der Waals surface area contributed by atoms with Gasteiger partial charge in [-0.3, -0.25) is 0 Å². The third-order valence-corrected chi connectivity index (χ3v) is 6.23. The Bertz CT molecular complexity index is 710. The molecular formula is C14H17N3O2S2. The average Bonchev–Trinajstić information content (AvgIpc) is 3.20. The van der Waals surface area contributed by atoms with Gasteiger partial charge < -0.3 is 5.32 Å². The van der Waals surface area contributed by atoms with Gasteiger partial charge in [0.05, 0.1) is 0 Å². The minimum atomic E-state index is -3.54. The van der Waals surface area contributed by atoms with E-state index in [1.807, 2.05) is 17.5 Å². The van der Waals surface area contributed by atoms with Crippen LogP contribution in [-0.4, -0.2) is 30.8 Å². The quantitative estimate of drug-likeness (QED) is 0.887. The molecule has 0 saturated heterocycles. The lowest BCUT2D eigenvalue weighted by molar-refractivity contribution is 0.401. The maximum atomic E-state index is 13.0. The van der Waals surface area contributed by atoms with Crippen molar-refractivity contribution in [1.29, 1.82) is 0 Å². The van der Waals surface area contributed by atoms with E-state index in [-0.39, 0.29) is 10.9 Å². The molecule has 1 aliphatic rings. The fourth-order valence-electron chi connectivity index (χ4n) is 2.24. The fourth-order valence-corrected chi connectivity index (χ4v) is 4.84. The molecule has 2 aromatic heterocycles. The highest BCUT2D eigenvalue weighted by molar-refractivity contribution is 7.89. The summed E-state index contributed by atoms with van der Waals surface area (Å²) in [7, 11) is -1.86. The van der Waals surface area contributed by atoms with E-state index in [4.69, 9.17) is 0 Å². The Hall–Kier alpha value is -1.44. The van der Waals surface area contributed by atoms with Crippen LogP contribution < -0.4 is 5.32 Å². The van der Waals surface area contributed by atoms with Crippen molar-refractivity contribution in [3.8, 4) is 0 Å². The highest BCUT2D eigenvalue weighted by Gasteiger charge is 2.39. The first kappa shape index (κ1) is 14.5. The minimum absolute atomic E-state index is 0.113. The van der Waals surface area contributed by atoms with E-state index in [0.29, 0.717) is 12.4 Å². The number of sulfonamides is 1. The lowest BCUT2D eigenvalue weighted by atomic mass is 10.4. The van der Waals surface area contributed by atoms with Crippen LogP contribution in [0.25, 0.3) is 0 Å². The number of nitrogens with one attached hydrogen (secondary N) is 1. The fraction of sp³-hybridized carbons (Fsp3) is 0.357. The molecule has 21 heavy (non-hydrogen) atoms. The van der Waals surface area contributed by atoms with E-state index >= 15 is 0 Å². The first-order chi connectivity index (χ1) is 10.1. The molecule has 0 unspecified atom stereocenters. The zero-order valence-corrected chi connectivity index (χ0v) is 13.3. The molecule has 0 radical (unpaired) electrons. The molecule has 112 valence electrons. The Labute approximate surface area is 128 Å². The minimum Gasteiger partial charge on any atom is -0.372 e. The Kier molecular flexibility index (Phi) is 3.97. The van der Waals surface area contributed by atoms with E-state index < -0.39 is 10.0 Å². The van der Waals surface area contributed by atoms with Gasteiger partial charge in [-0.2, -0.15) is 4.31 Å². The predicted octanol–water partition coefficient (Wildman–Crippen LogP) is 2.54. The second-order valence-corrected chi connectivity index (χ2v) is 7.85. The molecule has 2 aromatic rings. The zero-order valence-electron chi connectivity index (χ0n) is 11.7. The van der Waals surface area contributed by atoms with Crippen LogP contribution in [0, 0.1) is 0 Å². The lowest BCUT2D eigenvalue weighted by Gasteiger charge is -2.22. The molecule has 0 amide bonds. The van der Waals surface area contributed by atoms with Crippen molar-refractivity contribution in [1.82, 2.24) is 9.29 Å². The number of nitrogens with zero attached hydrogens (tertiary/aromatic N) is 2. The first-order valence-electron chi connectivity index (χ1n) is 6.80. The molecule has 0 aliphatic heterocycles. The number of hydrogen-bond donors (Lipinski definition) is 1. The van der Waals surface area contributed by atoms with Crippen LogP contribution in [0.2, 0.25) is 0 Å². The Morgan fingerprint density at radius 1 is 1.38 bits per heavy atom. The number of hydrogen-bond acceptors (Lipinski definition) is 5. The summed E-state index contributed by atoms with van der Waals surface area (Å²) in [5, 5.41) is 4.83. The van der Waals surface area contributed by atoms with Gasteiger partial charge in [0.25, 0.3) is 0 Å². The molecule has 0 aromatic carbocycles. The molecular weight excluding hydrogens is 306 g/mol. The van der Waals surface area contributed by atoms with Gasteiger partial charge in [-0.25, -0.2) is 13.4 Å². The lowest BCUT2D eigenvalue weighted by Crippen LogP contribution is -2.33. The summed E-state index contributed by atoms with van der Waals surface area (Å²) in [6, 6.07) is 7.29. The number of rotatable bonds is 6. The van der Waals surface area contributed by atoms with Gasteiger partial charge in [-0.05, 0) is 36.4 Å². The molecule has 3 rings (SSSR count). The van der Waals surface area contributed by atoms with Gasteiger partial charge >= 0.3 is 0 Å². The Balaban J connectivity index is 1.97. The third kappa shape index (κ3) is 2.95. The summed E-state index contributed by atoms with van der Waals surface area (Å²) in [6.45, 7) is 0.433. The Morgan fingerprint density at radius 2 is 2.19 bits per heavy atom. The van der Waals surface area contributed by atoms with Crippen LogP contribution in [-0.2, 0) is 16.6 Å². The second kappa shape index (κ2) is 5.75. The predicted molar refractivity (Wildman–Crippen MR) is 83.9 cm³/mol. The van der Waals surface area contributed by atoms with Crippen LogP contribution in [0.1, 0.15) is 17.7 Å². The summed E-state index contributed by atoms with van der Waals surface area (Å²) in [5.41, 5.74) is 0. The SMILES string of the molecule is CNc1ncccc1S(=O)(=O)N(Cc1cccs1)C1CC1. The van der Waals surface area contributed by atoms with Crippen molar-refractivity contribution in [2.45, 2.75) is 30.3 Å². The van der Waals surface area contributed by atoms with Gasteiger partial charge in [0, 0.05) is 30.7 Å². The number of aromatic nitrogens is 1. The van der Waals surface area contributed by atoms with Gasteiger partial charge in [-0.1, -0.05) is 6.07 Å². The van der Waals surface area contributed by atoms with Gasteiger partial charge in [-0.15, -0.1) is 11.3 Å². The number of anilines is 1. The van der Waals surface area contributed by atoms with Crippen LogP contribution in [0.15, 0.2) is 40.7 Å². The van der Waals surface area contributed by atoms with Crippen molar-refractivity contribution in [3.63, 3.8) is 0 Å². The molecule has 0 bridgehead atoms. The maximum absolute atomic E-state index is 13.0. The van der Waals surface area contributed by atoms with Crippen molar-refractivity contribution >= 4 is 27.2 Å². The molecule has 1 saturated carbocycles. The third-order valence-electron chi connectivity index (χ3n) is 3.44. The molecule has 5 nitrogen and oxygen atoms in total. The van der Waals surface area contributed by atoms with E-state index in [2.05, 4.69) is 10.3 Å². The molecule has 7 heteroatoms. The summed E-state index contributed by atoms with van der Waals surface area (Å²) in [5.74, 6) is 0.398. The summed E-state index contributed by atoms with van der Waals surface area (Å²) in [6.07, 6.45) is 3.45. The van der Waals surface area contributed by atoms with Crippen molar-refractivity contribution in [2.75, 3.05) is 12.4 Å². The normalized spacial score (nSPS) is 15.3. The summed E-state index contributed by atoms with van der Waals surface area (Å²) >= 11 is 1.58. The standard InChI is InChI=1S/C14H17N3O2S2/c1-15-14-13(5-2-8-16-14)21(18,19)17(11-6-7-11)10-12-4-3-9-20-12/h2-5,8-9,11H,6-7,10H2,1H3,(H,15,16). The molecule has 1 fully saturated rings. The molecule has 2 heterocycles.